The van der Waals surface area contributed by atoms with Gasteiger partial charge < -0.3 is 10.5 Å². The van der Waals surface area contributed by atoms with Crippen molar-refractivity contribution < 1.29 is 4.74 Å². The van der Waals surface area contributed by atoms with Crippen LogP contribution in [0.5, 0.6) is 0 Å². The molecule has 0 rings (SSSR count). The standard InChI is InChI=1S/C9H20N4O/c1-3-5-6-7-14-8(4-2)12-13-9(10)11/h4,8,12H,2-3,5-7H2,1H3,(H4,10,11,13). The first-order chi connectivity index (χ1) is 6.70. The quantitative estimate of drug-likeness (QED) is 0.116. The summed E-state index contributed by atoms with van der Waals surface area (Å²) in [6.45, 7) is 6.42. The van der Waals surface area contributed by atoms with E-state index in [1.165, 1.54) is 6.42 Å². The van der Waals surface area contributed by atoms with Crippen molar-refractivity contribution >= 4 is 5.96 Å². The molecule has 0 aliphatic heterocycles. The average molecular weight is 200 g/mol. The number of ether oxygens (including phenoxy) is 1. The Kier molecular flexibility index (Phi) is 7.87. The second kappa shape index (κ2) is 8.52. The van der Waals surface area contributed by atoms with Crippen molar-refractivity contribution in [3.05, 3.63) is 12.7 Å². The number of nitrogens with two attached hydrogens (primary N) is 1. The molecule has 5 nitrogen and oxygen atoms in total. The zero-order chi connectivity index (χ0) is 10.8. The van der Waals surface area contributed by atoms with Crippen LogP contribution in [0.4, 0.5) is 0 Å². The topological polar surface area (TPSA) is 83.2 Å². The largest absolute Gasteiger partial charge is 0.369 e. The van der Waals surface area contributed by atoms with Crippen molar-refractivity contribution in [1.82, 2.24) is 10.9 Å². The molecule has 5 heteroatoms. The summed E-state index contributed by atoms with van der Waals surface area (Å²) in [5, 5.41) is 6.92. The number of nitrogens with one attached hydrogen (secondary N) is 3. The molecule has 5 N–H and O–H groups in total. The third-order valence-electron chi connectivity index (χ3n) is 1.61. The van der Waals surface area contributed by atoms with Gasteiger partial charge in [0.05, 0.1) is 0 Å². The van der Waals surface area contributed by atoms with E-state index in [1.54, 1.807) is 6.08 Å². The molecule has 0 saturated carbocycles. The molecule has 1 atom stereocenters. The van der Waals surface area contributed by atoms with E-state index in [1.807, 2.05) is 0 Å². The molecular weight excluding hydrogens is 180 g/mol. The molecule has 0 fully saturated rings. The monoisotopic (exact) mass is 200 g/mol. The van der Waals surface area contributed by atoms with E-state index in [4.69, 9.17) is 15.9 Å². The van der Waals surface area contributed by atoms with Crippen molar-refractivity contribution in [3.63, 3.8) is 0 Å². The minimum atomic E-state index is -0.309. The predicted octanol–water partition coefficient (Wildman–Crippen LogP) is 0.693. The Labute approximate surface area is 85.2 Å². The van der Waals surface area contributed by atoms with Gasteiger partial charge in [0.2, 0.25) is 0 Å². The van der Waals surface area contributed by atoms with Crippen LogP contribution in [0.15, 0.2) is 12.7 Å². The van der Waals surface area contributed by atoms with E-state index in [2.05, 4.69) is 24.4 Å². The Morgan fingerprint density at radius 3 is 2.86 bits per heavy atom. The molecule has 14 heavy (non-hydrogen) atoms. The number of hydrazine groups is 1. The highest BCUT2D eigenvalue weighted by atomic mass is 16.5. The van der Waals surface area contributed by atoms with Crippen LogP contribution in [0.25, 0.3) is 0 Å². The second-order valence-corrected chi connectivity index (χ2v) is 2.92. The Hall–Kier alpha value is -1.07. The van der Waals surface area contributed by atoms with Crippen LogP contribution in [0.2, 0.25) is 0 Å². The highest BCUT2D eigenvalue weighted by Gasteiger charge is 2.01. The molecule has 0 spiro atoms. The fourth-order valence-corrected chi connectivity index (χ4v) is 0.880. The first-order valence-electron chi connectivity index (χ1n) is 4.80. The van der Waals surface area contributed by atoms with Crippen LogP contribution in [-0.2, 0) is 4.74 Å². The van der Waals surface area contributed by atoms with Gasteiger partial charge in [0.25, 0.3) is 0 Å². The fourth-order valence-electron chi connectivity index (χ4n) is 0.880. The molecule has 0 radical (unpaired) electrons. The molecule has 0 aliphatic rings. The van der Waals surface area contributed by atoms with Gasteiger partial charge in [-0.2, -0.15) is 0 Å². The lowest BCUT2D eigenvalue weighted by molar-refractivity contribution is 0.0548. The Morgan fingerprint density at radius 2 is 2.36 bits per heavy atom. The molecule has 82 valence electrons. The lowest BCUT2D eigenvalue weighted by Gasteiger charge is -2.16. The molecule has 0 aromatic rings. The van der Waals surface area contributed by atoms with Crippen molar-refractivity contribution in [2.24, 2.45) is 5.73 Å². The SMILES string of the molecule is C=CC(NNC(=N)N)OCCCCC. The highest BCUT2D eigenvalue weighted by molar-refractivity contribution is 5.73. The smallest absolute Gasteiger partial charge is 0.200 e. The van der Waals surface area contributed by atoms with Crippen molar-refractivity contribution in [3.8, 4) is 0 Å². The first-order valence-corrected chi connectivity index (χ1v) is 4.80. The maximum Gasteiger partial charge on any atom is 0.200 e. The molecule has 0 saturated heterocycles. The minimum absolute atomic E-state index is 0.144. The summed E-state index contributed by atoms with van der Waals surface area (Å²) in [7, 11) is 0. The van der Waals surface area contributed by atoms with E-state index in [0.29, 0.717) is 6.61 Å². The van der Waals surface area contributed by atoms with Gasteiger partial charge in [0.15, 0.2) is 5.96 Å². The molecule has 0 heterocycles. The van der Waals surface area contributed by atoms with Crippen molar-refractivity contribution in [2.45, 2.75) is 32.4 Å². The van der Waals surface area contributed by atoms with Crippen LogP contribution < -0.4 is 16.6 Å². The summed E-state index contributed by atoms with van der Waals surface area (Å²) in [4.78, 5) is 0. The molecule has 0 aromatic heterocycles. The van der Waals surface area contributed by atoms with E-state index in [-0.39, 0.29) is 12.2 Å². The van der Waals surface area contributed by atoms with Crippen molar-refractivity contribution in [1.29, 1.82) is 5.41 Å². The van der Waals surface area contributed by atoms with Crippen LogP contribution in [0.1, 0.15) is 26.2 Å². The summed E-state index contributed by atoms with van der Waals surface area (Å²) in [5.74, 6) is -0.144. The highest BCUT2D eigenvalue weighted by Crippen LogP contribution is 1.96. The maximum atomic E-state index is 6.92. The summed E-state index contributed by atoms with van der Waals surface area (Å²) in [5.41, 5.74) is 10.2. The van der Waals surface area contributed by atoms with Gasteiger partial charge >= 0.3 is 0 Å². The summed E-state index contributed by atoms with van der Waals surface area (Å²) in [6, 6.07) is 0. The van der Waals surface area contributed by atoms with Gasteiger partial charge in [-0.3, -0.25) is 10.8 Å². The molecule has 0 aromatic carbocycles. The predicted molar refractivity (Wildman–Crippen MR) is 57.6 cm³/mol. The van der Waals surface area contributed by atoms with Gasteiger partial charge in [0.1, 0.15) is 6.23 Å². The van der Waals surface area contributed by atoms with Gasteiger partial charge in [-0.15, -0.1) is 0 Å². The van der Waals surface area contributed by atoms with E-state index in [0.717, 1.165) is 12.8 Å². The Bertz CT molecular complexity index is 172. The zero-order valence-electron chi connectivity index (χ0n) is 8.68. The molecule has 0 aliphatic carbocycles. The Balaban J connectivity index is 3.47. The number of rotatable bonds is 8. The van der Waals surface area contributed by atoms with E-state index < -0.39 is 0 Å². The fraction of sp³-hybridized carbons (Fsp3) is 0.667. The number of hydrogen-bond acceptors (Lipinski definition) is 3. The number of hydrogen-bond donors (Lipinski definition) is 4. The van der Waals surface area contributed by atoms with E-state index in [9.17, 15) is 0 Å². The number of unbranched alkanes of at least 4 members (excludes halogenated alkanes) is 2. The molecule has 1 unspecified atom stereocenters. The average Bonchev–Trinajstić information content (AvgIpc) is 2.16. The summed E-state index contributed by atoms with van der Waals surface area (Å²) < 4.78 is 5.40. The first kappa shape index (κ1) is 12.9. The van der Waals surface area contributed by atoms with Crippen LogP contribution in [0, 0.1) is 5.41 Å². The van der Waals surface area contributed by atoms with Crippen LogP contribution in [0.3, 0.4) is 0 Å². The van der Waals surface area contributed by atoms with E-state index >= 15 is 0 Å². The second-order valence-electron chi connectivity index (χ2n) is 2.92. The zero-order valence-corrected chi connectivity index (χ0v) is 8.68. The normalized spacial score (nSPS) is 12.1. The molecule has 0 amide bonds. The van der Waals surface area contributed by atoms with Gasteiger partial charge in [-0.1, -0.05) is 26.3 Å². The number of guanidine groups is 1. The third kappa shape index (κ3) is 7.57. The Morgan fingerprint density at radius 1 is 1.64 bits per heavy atom. The van der Waals surface area contributed by atoms with Gasteiger partial charge in [-0.25, -0.2) is 5.43 Å². The molecular formula is C9H20N4O. The van der Waals surface area contributed by atoms with Gasteiger partial charge in [0, 0.05) is 6.61 Å². The minimum Gasteiger partial charge on any atom is -0.369 e. The summed E-state index contributed by atoms with van der Waals surface area (Å²) >= 11 is 0. The third-order valence-corrected chi connectivity index (χ3v) is 1.61. The van der Waals surface area contributed by atoms with Crippen LogP contribution >= 0.6 is 0 Å². The lowest BCUT2D eigenvalue weighted by atomic mass is 10.3. The van der Waals surface area contributed by atoms with Gasteiger partial charge in [-0.05, 0) is 12.5 Å². The lowest BCUT2D eigenvalue weighted by Crippen LogP contribution is -2.47. The van der Waals surface area contributed by atoms with Crippen molar-refractivity contribution in [2.75, 3.05) is 6.61 Å². The summed E-state index contributed by atoms with van der Waals surface area (Å²) in [6.07, 6.45) is 4.66. The van der Waals surface area contributed by atoms with Crippen LogP contribution in [-0.4, -0.2) is 18.8 Å². The molecule has 0 bridgehead atoms. The maximum absolute atomic E-state index is 6.92.